The molecule has 0 aromatic rings. The van der Waals surface area contributed by atoms with Gasteiger partial charge in [-0.1, -0.05) is 25.7 Å². The largest absolute Gasteiger partial charge is 0.344 e. The summed E-state index contributed by atoms with van der Waals surface area (Å²) in [5.74, 6) is -0.292. The molecule has 1 saturated heterocycles. The lowest BCUT2D eigenvalue weighted by molar-refractivity contribution is -0.411. The van der Waals surface area contributed by atoms with E-state index in [2.05, 4.69) is 6.92 Å². The highest BCUT2D eigenvalue weighted by molar-refractivity contribution is 4.88. The van der Waals surface area contributed by atoms with E-state index in [0.29, 0.717) is 5.92 Å². The fourth-order valence-corrected chi connectivity index (χ4v) is 3.10. The summed E-state index contributed by atoms with van der Waals surface area (Å²) in [6, 6.07) is 0. The van der Waals surface area contributed by atoms with Crippen molar-refractivity contribution in [3.63, 3.8) is 0 Å². The molecule has 1 heterocycles. The molecule has 2 rings (SSSR count). The topological polar surface area (TPSA) is 38.7 Å². The van der Waals surface area contributed by atoms with Crippen LogP contribution >= 0.6 is 0 Å². The smallest absolute Gasteiger partial charge is 0.204 e. The standard InChI is InChI=1S/C12H22O3/c1-10-9-11-7-5-3-2-4-6-8-12(11,14-10)15-13/h10-11,13H,2-9H2,1H3. The van der Waals surface area contributed by atoms with E-state index in [-0.39, 0.29) is 6.10 Å². The number of rotatable bonds is 1. The van der Waals surface area contributed by atoms with Crippen molar-refractivity contribution >= 4 is 0 Å². The number of ether oxygens (including phenoxy) is 1. The van der Waals surface area contributed by atoms with Gasteiger partial charge in [-0.3, -0.25) is 0 Å². The molecule has 1 saturated carbocycles. The van der Waals surface area contributed by atoms with E-state index in [1.807, 2.05) is 0 Å². The first kappa shape index (κ1) is 11.4. The average Bonchev–Trinajstić information content (AvgIpc) is 2.56. The summed E-state index contributed by atoms with van der Waals surface area (Å²) in [6.07, 6.45) is 9.42. The third kappa shape index (κ3) is 2.35. The lowest BCUT2D eigenvalue weighted by atomic mass is 9.89. The van der Waals surface area contributed by atoms with Crippen LogP contribution in [0.3, 0.4) is 0 Å². The lowest BCUT2D eigenvalue weighted by Crippen LogP contribution is -2.38. The molecule has 0 aromatic heterocycles. The van der Waals surface area contributed by atoms with Gasteiger partial charge in [0.1, 0.15) is 0 Å². The Kier molecular flexibility index (Phi) is 3.65. The molecule has 3 heteroatoms. The lowest BCUT2D eigenvalue weighted by Gasteiger charge is -2.30. The normalized spacial score (nSPS) is 42.8. The van der Waals surface area contributed by atoms with Gasteiger partial charge in [0.2, 0.25) is 5.79 Å². The summed E-state index contributed by atoms with van der Waals surface area (Å²) in [4.78, 5) is 4.74. The van der Waals surface area contributed by atoms with Gasteiger partial charge in [0, 0.05) is 12.3 Å². The molecule has 0 aromatic carbocycles. The van der Waals surface area contributed by atoms with Crippen molar-refractivity contribution in [1.82, 2.24) is 0 Å². The summed E-state index contributed by atoms with van der Waals surface area (Å²) >= 11 is 0. The van der Waals surface area contributed by atoms with Crippen LogP contribution in [0.1, 0.15) is 58.3 Å². The quantitative estimate of drug-likeness (QED) is 0.537. The van der Waals surface area contributed by atoms with Crippen molar-refractivity contribution in [2.45, 2.75) is 70.2 Å². The van der Waals surface area contributed by atoms with Gasteiger partial charge >= 0.3 is 0 Å². The van der Waals surface area contributed by atoms with E-state index < -0.39 is 5.79 Å². The van der Waals surface area contributed by atoms with Crippen LogP contribution in [0.5, 0.6) is 0 Å². The fourth-order valence-electron chi connectivity index (χ4n) is 3.10. The molecule has 1 N–H and O–H groups in total. The van der Waals surface area contributed by atoms with Gasteiger partial charge < -0.3 is 4.74 Å². The van der Waals surface area contributed by atoms with Crippen LogP contribution in [0.25, 0.3) is 0 Å². The van der Waals surface area contributed by atoms with E-state index in [4.69, 9.17) is 14.9 Å². The van der Waals surface area contributed by atoms with Gasteiger partial charge in [0.05, 0.1) is 6.10 Å². The molecule has 1 aliphatic carbocycles. The fraction of sp³-hybridized carbons (Fsp3) is 1.00. The number of hydrogen-bond donors (Lipinski definition) is 1. The van der Waals surface area contributed by atoms with Crippen LogP contribution in [-0.2, 0) is 9.62 Å². The third-order valence-electron chi connectivity index (χ3n) is 3.87. The summed E-state index contributed by atoms with van der Waals surface area (Å²) in [7, 11) is 0. The first-order valence-corrected chi connectivity index (χ1v) is 6.27. The molecule has 2 fully saturated rings. The van der Waals surface area contributed by atoms with E-state index in [1.165, 1.54) is 25.7 Å². The molecule has 88 valence electrons. The maximum atomic E-state index is 9.15. The Balaban J connectivity index is 2.08. The predicted octanol–water partition coefficient (Wildman–Crippen LogP) is 3.34. The molecule has 15 heavy (non-hydrogen) atoms. The van der Waals surface area contributed by atoms with Crippen LogP contribution in [-0.4, -0.2) is 17.1 Å². The zero-order valence-corrected chi connectivity index (χ0v) is 9.58. The minimum atomic E-state index is -0.677. The van der Waals surface area contributed by atoms with Crippen molar-refractivity contribution in [3.8, 4) is 0 Å². The molecular formula is C12H22O3. The van der Waals surface area contributed by atoms with Crippen molar-refractivity contribution in [2.24, 2.45) is 5.92 Å². The minimum absolute atomic E-state index is 0.224. The number of fused-ring (bicyclic) bond motifs is 1. The van der Waals surface area contributed by atoms with Crippen LogP contribution < -0.4 is 0 Å². The van der Waals surface area contributed by atoms with Gasteiger partial charge in [-0.25, -0.2) is 10.1 Å². The highest BCUT2D eigenvalue weighted by Crippen LogP contribution is 2.43. The molecule has 0 amide bonds. The summed E-state index contributed by atoms with van der Waals surface area (Å²) in [6.45, 7) is 2.07. The molecule has 0 radical (unpaired) electrons. The Morgan fingerprint density at radius 3 is 2.73 bits per heavy atom. The highest BCUT2D eigenvalue weighted by atomic mass is 17.1. The van der Waals surface area contributed by atoms with E-state index >= 15 is 0 Å². The summed E-state index contributed by atoms with van der Waals surface area (Å²) < 4.78 is 5.82. The Hall–Kier alpha value is -0.120. The highest BCUT2D eigenvalue weighted by Gasteiger charge is 2.48. The second kappa shape index (κ2) is 4.81. The molecule has 3 atom stereocenters. The van der Waals surface area contributed by atoms with Crippen LogP contribution in [0.15, 0.2) is 0 Å². The molecular weight excluding hydrogens is 192 g/mol. The molecule has 2 aliphatic rings. The monoisotopic (exact) mass is 214 g/mol. The average molecular weight is 214 g/mol. The van der Waals surface area contributed by atoms with E-state index in [9.17, 15) is 0 Å². The van der Waals surface area contributed by atoms with Crippen molar-refractivity contribution in [3.05, 3.63) is 0 Å². The third-order valence-corrected chi connectivity index (χ3v) is 3.87. The zero-order valence-electron chi connectivity index (χ0n) is 9.58. The maximum absolute atomic E-state index is 9.15. The SMILES string of the molecule is CC1CC2CCCCCCCC2(OO)O1. The Bertz CT molecular complexity index is 207. The first-order valence-electron chi connectivity index (χ1n) is 6.27. The van der Waals surface area contributed by atoms with Gasteiger partial charge in [0.15, 0.2) is 0 Å². The van der Waals surface area contributed by atoms with Crippen molar-refractivity contribution < 1.29 is 14.9 Å². The van der Waals surface area contributed by atoms with Crippen molar-refractivity contribution in [1.29, 1.82) is 0 Å². The predicted molar refractivity (Wildman–Crippen MR) is 57.4 cm³/mol. The molecule has 0 spiro atoms. The molecule has 1 aliphatic heterocycles. The molecule has 3 unspecified atom stereocenters. The number of hydrogen-bond acceptors (Lipinski definition) is 3. The first-order chi connectivity index (χ1) is 7.27. The van der Waals surface area contributed by atoms with Gasteiger partial charge in [-0.2, -0.15) is 0 Å². The van der Waals surface area contributed by atoms with Gasteiger partial charge in [0.25, 0.3) is 0 Å². The molecule has 0 bridgehead atoms. The summed E-state index contributed by atoms with van der Waals surface area (Å²) in [5.41, 5.74) is 0. The Labute approximate surface area is 91.7 Å². The zero-order chi connectivity index (χ0) is 10.7. The van der Waals surface area contributed by atoms with Crippen molar-refractivity contribution in [2.75, 3.05) is 0 Å². The second-order valence-corrected chi connectivity index (χ2v) is 5.07. The van der Waals surface area contributed by atoms with Crippen LogP contribution in [0.2, 0.25) is 0 Å². The van der Waals surface area contributed by atoms with Gasteiger partial charge in [-0.05, 0) is 26.2 Å². The second-order valence-electron chi connectivity index (χ2n) is 5.07. The maximum Gasteiger partial charge on any atom is 0.204 e. The minimum Gasteiger partial charge on any atom is -0.344 e. The Morgan fingerprint density at radius 1 is 1.20 bits per heavy atom. The van der Waals surface area contributed by atoms with Crippen LogP contribution in [0, 0.1) is 5.92 Å². The Morgan fingerprint density at radius 2 is 1.93 bits per heavy atom. The molecule has 3 nitrogen and oxygen atoms in total. The van der Waals surface area contributed by atoms with Gasteiger partial charge in [-0.15, -0.1) is 0 Å². The van der Waals surface area contributed by atoms with E-state index in [0.717, 1.165) is 25.7 Å². The summed E-state index contributed by atoms with van der Waals surface area (Å²) in [5, 5.41) is 9.15. The van der Waals surface area contributed by atoms with Crippen LogP contribution in [0.4, 0.5) is 0 Å². The van der Waals surface area contributed by atoms with E-state index in [1.54, 1.807) is 0 Å².